The standard InChI is InChI=1S/C15H22N4O3/c20-7-5-19-6-8-22-14-11(1-2-13(14)19)9-18-15(21)12-10-16-3-4-17-12/h3-4,10-11,13-14,20H,1-2,5-9H2,(H,18,21)/t11-,13-,14-/m0/s1. The molecule has 2 fully saturated rings. The van der Waals surface area contributed by atoms with Crippen molar-refractivity contribution < 1.29 is 14.6 Å². The number of ether oxygens (including phenoxy) is 1. The lowest BCUT2D eigenvalue weighted by molar-refractivity contribution is -0.0757. The van der Waals surface area contributed by atoms with Gasteiger partial charge in [-0.15, -0.1) is 0 Å². The number of aliphatic hydroxyl groups excluding tert-OH is 1. The van der Waals surface area contributed by atoms with Crippen LogP contribution in [0, 0.1) is 5.92 Å². The van der Waals surface area contributed by atoms with Crippen LogP contribution in [0.1, 0.15) is 23.3 Å². The quantitative estimate of drug-likeness (QED) is 0.775. The molecular formula is C15H22N4O3. The van der Waals surface area contributed by atoms with E-state index < -0.39 is 0 Å². The van der Waals surface area contributed by atoms with Gasteiger partial charge in [-0.05, 0) is 12.8 Å². The molecule has 7 nitrogen and oxygen atoms in total. The second kappa shape index (κ2) is 7.13. The molecule has 1 saturated carbocycles. The van der Waals surface area contributed by atoms with Crippen molar-refractivity contribution in [3.8, 4) is 0 Å². The van der Waals surface area contributed by atoms with Crippen LogP contribution in [0.15, 0.2) is 18.6 Å². The number of rotatable bonds is 5. The average molecular weight is 306 g/mol. The molecule has 1 aromatic rings. The maximum atomic E-state index is 12.0. The van der Waals surface area contributed by atoms with Gasteiger partial charge in [0, 0.05) is 44.0 Å². The van der Waals surface area contributed by atoms with Gasteiger partial charge < -0.3 is 15.2 Å². The topological polar surface area (TPSA) is 87.6 Å². The monoisotopic (exact) mass is 306 g/mol. The summed E-state index contributed by atoms with van der Waals surface area (Å²) in [6, 6.07) is 0.360. The van der Waals surface area contributed by atoms with Crippen molar-refractivity contribution in [2.75, 3.05) is 32.8 Å². The number of carbonyl (C=O) groups is 1. The average Bonchev–Trinajstić information content (AvgIpc) is 2.98. The summed E-state index contributed by atoms with van der Waals surface area (Å²) < 4.78 is 5.93. The maximum Gasteiger partial charge on any atom is 0.271 e. The number of morpholine rings is 1. The minimum absolute atomic E-state index is 0.141. The van der Waals surface area contributed by atoms with E-state index in [0.717, 1.165) is 19.4 Å². The molecule has 1 aliphatic heterocycles. The summed E-state index contributed by atoms with van der Waals surface area (Å²) in [5.41, 5.74) is 0.337. The smallest absolute Gasteiger partial charge is 0.271 e. The van der Waals surface area contributed by atoms with Crippen LogP contribution in [0.4, 0.5) is 0 Å². The minimum Gasteiger partial charge on any atom is -0.395 e. The van der Waals surface area contributed by atoms with Crippen LogP contribution in [0.25, 0.3) is 0 Å². The molecule has 2 aliphatic rings. The number of β-amino-alcohol motifs (C(OH)–C–C–N with tert-alkyl or cyclic N) is 1. The van der Waals surface area contributed by atoms with Crippen LogP contribution in [0.5, 0.6) is 0 Å². The van der Waals surface area contributed by atoms with E-state index in [9.17, 15) is 4.79 Å². The van der Waals surface area contributed by atoms with Gasteiger partial charge >= 0.3 is 0 Å². The highest BCUT2D eigenvalue weighted by Gasteiger charge is 2.42. The minimum atomic E-state index is -0.195. The molecule has 1 aliphatic carbocycles. The predicted octanol–water partition coefficient (Wildman–Crippen LogP) is -0.322. The summed E-state index contributed by atoms with van der Waals surface area (Å²) in [6.07, 6.45) is 6.74. The molecule has 0 aromatic carbocycles. The van der Waals surface area contributed by atoms with Gasteiger partial charge in [0.25, 0.3) is 5.91 Å². The SMILES string of the molecule is O=C(NC[C@@H]1CC[C@H]2[C@H]1OCCN2CCO)c1cnccn1. The zero-order chi connectivity index (χ0) is 15.4. The highest BCUT2D eigenvalue weighted by molar-refractivity contribution is 5.91. The van der Waals surface area contributed by atoms with Crippen molar-refractivity contribution in [2.45, 2.75) is 25.0 Å². The lowest BCUT2D eigenvalue weighted by Crippen LogP contribution is -2.52. The summed E-state index contributed by atoms with van der Waals surface area (Å²) in [6.45, 7) is 3.03. The Bertz CT molecular complexity index is 497. The molecule has 1 aromatic heterocycles. The van der Waals surface area contributed by atoms with Gasteiger partial charge in [-0.2, -0.15) is 0 Å². The molecule has 1 amide bonds. The molecule has 3 atom stereocenters. The van der Waals surface area contributed by atoms with Crippen LogP contribution in [-0.2, 0) is 4.74 Å². The molecule has 2 heterocycles. The molecule has 120 valence electrons. The summed E-state index contributed by atoms with van der Waals surface area (Å²) in [7, 11) is 0. The highest BCUT2D eigenvalue weighted by atomic mass is 16.5. The molecule has 1 saturated heterocycles. The number of nitrogens with zero attached hydrogens (tertiary/aromatic N) is 3. The van der Waals surface area contributed by atoms with Crippen molar-refractivity contribution in [1.29, 1.82) is 0 Å². The fourth-order valence-corrected chi connectivity index (χ4v) is 3.49. The Kier molecular flexibility index (Phi) is 4.97. The number of hydrogen-bond acceptors (Lipinski definition) is 6. The molecule has 7 heteroatoms. The van der Waals surface area contributed by atoms with E-state index in [2.05, 4.69) is 20.2 Å². The van der Waals surface area contributed by atoms with Crippen molar-refractivity contribution in [3.05, 3.63) is 24.3 Å². The fourth-order valence-electron chi connectivity index (χ4n) is 3.49. The number of amides is 1. The van der Waals surface area contributed by atoms with Gasteiger partial charge in [0.2, 0.25) is 0 Å². The van der Waals surface area contributed by atoms with Crippen molar-refractivity contribution in [1.82, 2.24) is 20.2 Å². The highest BCUT2D eigenvalue weighted by Crippen LogP contribution is 2.34. The first-order valence-corrected chi connectivity index (χ1v) is 7.80. The first-order chi connectivity index (χ1) is 10.8. The van der Waals surface area contributed by atoms with Crippen LogP contribution in [-0.4, -0.2) is 70.9 Å². The summed E-state index contributed by atoms with van der Waals surface area (Å²) in [5, 5.41) is 12.1. The third-order valence-electron chi connectivity index (χ3n) is 4.54. The largest absolute Gasteiger partial charge is 0.395 e. The van der Waals surface area contributed by atoms with Gasteiger partial charge in [-0.3, -0.25) is 14.7 Å². The maximum absolute atomic E-state index is 12.0. The van der Waals surface area contributed by atoms with Crippen molar-refractivity contribution >= 4 is 5.91 Å². The Morgan fingerprint density at radius 2 is 2.36 bits per heavy atom. The Morgan fingerprint density at radius 1 is 1.45 bits per heavy atom. The summed E-state index contributed by atoms with van der Waals surface area (Å²) in [5.74, 6) is 0.117. The summed E-state index contributed by atoms with van der Waals surface area (Å²) in [4.78, 5) is 22.2. The Morgan fingerprint density at radius 3 is 3.14 bits per heavy atom. The Labute approximate surface area is 129 Å². The van der Waals surface area contributed by atoms with E-state index >= 15 is 0 Å². The normalized spacial score (nSPS) is 28.3. The molecule has 0 radical (unpaired) electrons. The Balaban J connectivity index is 1.54. The Hall–Kier alpha value is -1.57. The van der Waals surface area contributed by atoms with Gasteiger partial charge in [-0.25, -0.2) is 4.98 Å². The second-order valence-corrected chi connectivity index (χ2v) is 5.80. The number of aromatic nitrogens is 2. The third kappa shape index (κ3) is 3.26. The zero-order valence-corrected chi connectivity index (χ0v) is 12.5. The number of fused-ring (bicyclic) bond motifs is 1. The van der Waals surface area contributed by atoms with E-state index in [1.54, 1.807) is 6.20 Å². The molecule has 2 N–H and O–H groups in total. The van der Waals surface area contributed by atoms with Crippen LogP contribution in [0.2, 0.25) is 0 Å². The fraction of sp³-hybridized carbons (Fsp3) is 0.667. The zero-order valence-electron chi connectivity index (χ0n) is 12.5. The van der Waals surface area contributed by atoms with Gasteiger partial charge in [0.1, 0.15) is 5.69 Å². The van der Waals surface area contributed by atoms with E-state index in [0.29, 0.717) is 37.4 Å². The third-order valence-corrected chi connectivity index (χ3v) is 4.54. The summed E-state index contributed by atoms with van der Waals surface area (Å²) >= 11 is 0. The van der Waals surface area contributed by atoms with E-state index in [4.69, 9.17) is 9.84 Å². The molecular weight excluding hydrogens is 284 g/mol. The number of aliphatic hydroxyl groups is 1. The molecule has 0 spiro atoms. The number of hydrogen-bond donors (Lipinski definition) is 2. The lowest BCUT2D eigenvalue weighted by Gasteiger charge is -2.39. The van der Waals surface area contributed by atoms with Crippen molar-refractivity contribution in [3.63, 3.8) is 0 Å². The molecule has 22 heavy (non-hydrogen) atoms. The van der Waals surface area contributed by atoms with Crippen LogP contribution >= 0.6 is 0 Å². The van der Waals surface area contributed by atoms with E-state index in [1.165, 1.54) is 12.4 Å². The molecule has 0 unspecified atom stereocenters. The first-order valence-electron chi connectivity index (χ1n) is 7.80. The van der Waals surface area contributed by atoms with Crippen LogP contribution < -0.4 is 5.32 Å². The van der Waals surface area contributed by atoms with Crippen molar-refractivity contribution in [2.24, 2.45) is 5.92 Å². The van der Waals surface area contributed by atoms with Gasteiger partial charge in [0.15, 0.2) is 0 Å². The van der Waals surface area contributed by atoms with E-state index in [1.807, 2.05) is 0 Å². The second-order valence-electron chi connectivity index (χ2n) is 5.80. The molecule has 0 bridgehead atoms. The first kappa shape index (κ1) is 15.3. The number of carbonyl (C=O) groups excluding carboxylic acids is 1. The van der Waals surface area contributed by atoms with Gasteiger partial charge in [-0.1, -0.05) is 0 Å². The van der Waals surface area contributed by atoms with Crippen LogP contribution in [0.3, 0.4) is 0 Å². The predicted molar refractivity (Wildman–Crippen MR) is 79.3 cm³/mol. The number of nitrogens with one attached hydrogen (secondary N) is 1. The van der Waals surface area contributed by atoms with E-state index in [-0.39, 0.29) is 18.6 Å². The van der Waals surface area contributed by atoms with Gasteiger partial charge in [0.05, 0.1) is 25.5 Å². The molecule has 3 rings (SSSR count). The lowest BCUT2D eigenvalue weighted by atomic mass is 10.0.